The largest absolute Gasteiger partial charge is 0.458 e. The molecule has 1 aromatic rings. The first kappa shape index (κ1) is 36.0. The van der Waals surface area contributed by atoms with Crippen molar-refractivity contribution in [3.05, 3.63) is 64.3 Å². The molecule has 12 nitrogen and oxygen atoms in total. The van der Waals surface area contributed by atoms with Crippen molar-refractivity contribution in [1.82, 2.24) is 10.2 Å². The Bertz CT molecular complexity index is 1380. The zero-order valence-electron chi connectivity index (χ0n) is 28.3. The van der Waals surface area contributed by atoms with Crippen LogP contribution in [0.1, 0.15) is 76.3 Å². The van der Waals surface area contributed by atoms with Crippen LogP contribution in [0.15, 0.2) is 68.1 Å². The molecule has 46 heavy (non-hydrogen) atoms. The second-order valence-electron chi connectivity index (χ2n) is 12.7. The molecule has 0 spiro atoms. The molecule has 12 heteroatoms. The van der Waals surface area contributed by atoms with Gasteiger partial charge < -0.3 is 43.2 Å². The molecule has 2 heterocycles. The molecule has 1 saturated heterocycles. The normalized spacial score (nSPS) is 21.0. The minimum atomic E-state index is -0.395. The van der Waals surface area contributed by atoms with Crippen molar-refractivity contribution in [2.24, 2.45) is 49.7 Å². The van der Waals surface area contributed by atoms with Crippen molar-refractivity contribution in [3.8, 4) is 0 Å². The average Bonchev–Trinajstić information content (AvgIpc) is 3.35. The molecule has 1 aromatic carbocycles. The van der Waals surface area contributed by atoms with Crippen molar-refractivity contribution < 1.29 is 9.53 Å². The van der Waals surface area contributed by atoms with Gasteiger partial charge in [0.05, 0.1) is 31.2 Å². The molecule has 0 saturated carbocycles. The second-order valence-corrected chi connectivity index (χ2v) is 12.7. The van der Waals surface area contributed by atoms with E-state index in [9.17, 15) is 4.79 Å². The summed E-state index contributed by atoms with van der Waals surface area (Å²) in [7, 11) is 0. The molecule has 10 N–H and O–H groups in total. The number of guanidine groups is 3. The lowest BCUT2D eigenvalue weighted by Crippen LogP contribution is -2.44. The maximum absolute atomic E-state index is 13.2. The van der Waals surface area contributed by atoms with Crippen molar-refractivity contribution >= 4 is 29.5 Å². The van der Waals surface area contributed by atoms with Gasteiger partial charge in [-0.3, -0.25) is 0 Å². The van der Waals surface area contributed by atoms with E-state index >= 15 is 0 Å². The van der Waals surface area contributed by atoms with Gasteiger partial charge in [0.25, 0.3) is 0 Å². The second kappa shape index (κ2) is 17.3. The van der Waals surface area contributed by atoms with E-state index in [4.69, 9.17) is 32.7 Å². The molecule has 4 atom stereocenters. The number of allylic oxidation sites excluding steroid dienone is 2. The number of nitrogens with one attached hydrogen (secondary N) is 2. The number of hydrogen-bond donors (Lipinski definition) is 6. The topological polar surface area (TPSA) is 195 Å². The number of benzene rings is 1. The minimum Gasteiger partial charge on any atom is -0.458 e. The first-order valence-electron chi connectivity index (χ1n) is 16.0. The van der Waals surface area contributed by atoms with Crippen LogP contribution in [0.2, 0.25) is 0 Å². The molecule has 1 unspecified atom stereocenters. The number of nitrogens with two attached hydrogens (primary N) is 4. The molecular weight excluding hydrogens is 580 g/mol. The standard InChI is InChI=1S/C34H54N10O2/c1-21(2)11-15-41-33(37)40-14-7-8-28-29-24(6)19-44(34(38)42-16-12-22(3)4)30(29)26-18-25(9-10-27(26)43-28)31(45)46-20-23(5)13-17-39-32(35)36/h9-13,18,24,28-30,43H,7-8,14-17,19-20H2,1-6H3,(H2,38,42)(H4,35,36,39)(H3,37,40,41)/b23-13+/t24?,28-,29-,30+/m0/s1. The lowest BCUT2D eigenvalue weighted by Gasteiger charge is -2.41. The van der Waals surface area contributed by atoms with Crippen LogP contribution in [0.25, 0.3) is 0 Å². The van der Waals surface area contributed by atoms with E-state index in [-0.39, 0.29) is 30.6 Å². The molecule has 0 aromatic heterocycles. The van der Waals surface area contributed by atoms with Crippen LogP contribution < -0.4 is 33.6 Å². The zero-order valence-corrected chi connectivity index (χ0v) is 28.3. The highest BCUT2D eigenvalue weighted by atomic mass is 16.5. The van der Waals surface area contributed by atoms with Crippen molar-refractivity contribution in [2.45, 2.75) is 66.5 Å². The molecule has 1 fully saturated rings. The SMILES string of the molecule is CC(C)=CCN=C(N)NCCC[C@@H]1Nc2ccc(C(=O)OC/C(C)=C/CN=C(N)N)cc2[C@@H]2[C@H]1C(C)CN2C(N)=NCC=C(C)C. The summed E-state index contributed by atoms with van der Waals surface area (Å²) < 4.78 is 5.63. The van der Waals surface area contributed by atoms with Gasteiger partial charge in [-0.25, -0.2) is 19.8 Å². The molecule has 2 aliphatic rings. The molecule has 252 valence electrons. The Labute approximate surface area is 274 Å². The van der Waals surface area contributed by atoms with Gasteiger partial charge in [-0.15, -0.1) is 0 Å². The predicted molar refractivity (Wildman–Crippen MR) is 190 cm³/mol. The average molecular weight is 635 g/mol. The fourth-order valence-electron chi connectivity index (χ4n) is 5.88. The summed E-state index contributed by atoms with van der Waals surface area (Å²) in [6, 6.07) is 5.88. The summed E-state index contributed by atoms with van der Waals surface area (Å²) in [5.41, 5.74) is 29.3. The number of anilines is 1. The van der Waals surface area contributed by atoms with Crippen molar-refractivity contribution in [1.29, 1.82) is 0 Å². The highest BCUT2D eigenvalue weighted by Crippen LogP contribution is 2.49. The number of likely N-dealkylation sites (tertiary alicyclic amines) is 1. The number of esters is 1. The van der Waals surface area contributed by atoms with Gasteiger partial charge in [0.15, 0.2) is 17.9 Å². The van der Waals surface area contributed by atoms with E-state index in [0.29, 0.717) is 43.0 Å². The Balaban J connectivity index is 1.82. The van der Waals surface area contributed by atoms with Gasteiger partial charge in [0.1, 0.15) is 6.61 Å². The summed E-state index contributed by atoms with van der Waals surface area (Å²) in [6.45, 7) is 15.4. The van der Waals surface area contributed by atoms with Gasteiger partial charge in [-0.05, 0) is 82.7 Å². The number of fused-ring (bicyclic) bond motifs is 3. The number of rotatable bonds is 13. The summed E-state index contributed by atoms with van der Waals surface area (Å²) in [6.07, 6.45) is 7.77. The van der Waals surface area contributed by atoms with E-state index in [2.05, 4.69) is 38.5 Å². The van der Waals surface area contributed by atoms with E-state index in [1.165, 1.54) is 11.1 Å². The maximum Gasteiger partial charge on any atom is 0.338 e. The van der Waals surface area contributed by atoms with Crippen LogP contribution in [0.5, 0.6) is 0 Å². The number of nitrogens with zero attached hydrogens (tertiary/aromatic N) is 4. The van der Waals surface area contributed by atoms with Crippen molar-refractivity contribution in [2.75, 3.05) is 44.6 Å². The zero-order chi connectivity index (χ0) is 33.8. The highest BCUT2D eigenvalue weighted by molar-refractivity contribution is 5.91. The minimum absolute atomic E-state index is 0.0173. The predicted octanol–water partition coefficient (Wildman–Crippen LogP) is 3.40. The summed E-state index contributed by atoms with van der Waals surface area (Å²) in [4.78, 5) is 28.4. The van der Waals surface area contributed by atoms with Gasteiger partial charge in [-0.1, -0.05) is 36.3 Å². The summed E-state index contributed by atoms with van der Waals surface area (Å²) in [5, 5.41) is 7.04. The van der Waals surface area contributed by atoms with Crippen LogP contribution in [0.3, 0.4) is 0 Å². The van der Waals surface area contributed by atoms with Gasteiger partial charge in [0.2, 0.25) is 0 Å². The first-order valence-corrected chi connectivity index (χ1v) is 16.0. The highest BCUT2D eigenvalue weighted by Gasteiger charge is 2.48. The smallest absolute Gasteiger partial charge is 0.338 e. The van der Waals surface area contributed by atoms with E-state index < -0.39 is 5.97 Å². The van der Waals surface area contributed by atoms with E-state index in [1.54, 1.807) is 0 Å². The number of aliphatic imine (C=N–C) groups is 3. The Morgan fingerprint density at radius 2 is 1.67 bits per heavy atom. The van der Waals surface area contributed by atoms with Crippen LogP contribution in [-0.2, 0) is 4.74 Å². The van der Waals surface area contributed by atoms with E-state index in [1.807, 2.05) is 65.0 Å². The summed E-state index contributed by atoms with van der Waals surface area (Å²) in [5.74, 6) is 1.18. The van der Waals surface area contributed by atoms with E-state index in [0.717, 1.165) is 42.8 Å². The molecule has 3 rings (SSSR count). The third-order valence-corrected chi connectivity index (χ3v) is 8.20. The van der Waals surface area contributed by atoms with Gasteiger partial charge in [-0.2, -0.15) is 0 Å². The number of hydrogen-bond acceptors (Lipinski definition) is 6. The van der Waals surface area contributed by atoms with Gasteiger partial charge >= 0.3 is 5.97 Å². The molecule has 0 amide bonds. The van der Waals surface area contributed by atoms with Crippen LogP contribution in [0, 0.1) is 11.8 Å². The molecule has 2 aliphatic heterocycles. The quantitative estimate of drug-likeness (QED) is 0.0620. The third kappa shape index (κ3) is 10.6. The fourth-order valence-corrected chi connectivity index (χ4v) is 5.88. The first-order chi connectivity index (χ1) is 21.9. The fraction of sp³-hybridized carbons (Fsp3) is 0.529. The lowest BCUT2D eigenvalue weighted by molar-refractivity contribution is 0.0539. The Morgan fingerprint density at radius 1 is 1.00 bits per heavy atom. The molecule has 0 radical (unpaired) electrons. The maximum atomic E-state index is 13.2. The molecule has 0 bridgehead atoms. The number of carbonyl (C=O) groups excluding carboxylic acids is 1. The lowest BCUT2D eigenvalue weighted by atomic mass is 9.76. The van der Waals surface area contributed by atoms with Gasteiger partial charge in [0, 0.05) is 30.7 Å². The third-order valence-electron chi connectivity index (χ3n) is 8.20. The number of carbonyl (C=O) groups is 1. The monoisotopic (exact) mass is 634 g/mol. The van der Waals surface area contributed by atoms with Crippen molar-refractivity contribution in [3.63, 3.8) is 0 Å². The Morgan fingerprint density at radius 3 is 2.35 bits per heavy atom. The molecule has 0 aliphatic carbocycles. The molecular formula is C34H54N10O2. The van der Waals surface area contributed by atoms with Crippen LogP contribution in [0.4, 0.5) is 5.69 Å². The number of ether oxygens (including phenoxy) is 1. The van der Waals surface area contributed by atoms with Crippen LogP contribution in [-0.4, -0.2) is 74.1 Å². The Hall–Kier alpha value is -4.48. The van der Waals surface area contributed by atoms with Crippen LogP contribution >= 0.6 is 0 Å². The Kier molecular flexibility index (Phi) is 13.5. The summed E-state index contributed by atoms with van der Waals surface area (Å²) >= 11 is 0.